The van der Waals surface area contributed by atoms with Crippen LogP contribution in [0.15, 0.2) is 22.1 Å². The Morgan fingerprint density at radius 3 is 2.73 bits per heavy atom. The number of carbonyl (C=O) groups excluding carboxylic acids is 1. The summed E-state index contributed by atoms with van der Waals surface area (Å²) in [5, 5.41) is 37.5. The van der Waals surface area contributed by atoms with Crippen molar-refractivity contribution in [2.45, 2.75) is 55.6 Å². The number of aliphatic carboxylic acids is 1. The van der Waals surface area contributed by atoms with E-state index in [1.807, 2.05) is 0 Å². The van der Waals surface area contributed by atoms with Crippen LogP contribution in [0.5, 0.6) is 0 Å². The third-order valence-electron chi connectivity index (χ3n) is 6.21. The summed E-state index contributed by atoms with van der Waals surface area (Å²) in [7, 11) is 0. The van der Waals surface area contributed by atoms with E-state index in [0.717, 1.165) is 12.8 Å². The van der Waals surface area contributed by atoms with Gasteiger partial charge >= 0.3 is 5.97 Å². The molecule has 0 spiro atoms. The van der Waals surface area contributed by atoms with Crippen molar-refractivity contribution in [3.63, 3.8) is 0 Å². The summed E-state index contributed by atoms with van der Waals surface area (Å²) >= 11 is 0. The van der Waals surface area contributed by atoms with E-state index in [2.05, 4.69) is 10.2 Å². The summed E-state index contributed by atoms with van der Waals surface area (Å²) in [4.78, 5) is 24.8. The lowest BCUT2D eigenvalue weighted by molar-refractivity contribution is -0.164. The van der Waals surface area contributed by atoms with E-state index in [0.29, 0.717) is 13.0 Å². The van der Waals surface area contributed by atoms with Crippen LogP contribution in [0, 0.1) is 11.8 Å². The van der Waals surface area contributed by atoms with Crippen molar-refractivity contribution in [1.29, 1.82) is 0 Å². The molecule has 9 heteroatoms. The number of nitrogens with zero attached hydrogens (tertiary/aromatic N) is 2. The molecule has 0 bridgehead atoms. The largest absolute Gasteiger partial charge is 0.490 e. The summed E-state index contributed by atoms with van der Waals surface area (Å²) in [5.41, 5.74) is -2.17. The number of ether oxygens (including phenoxy) is 2. The van der Waals surface area contributed by atoms with Gasteiger partial charge in [-0.3, -0.25) is 9.59 Å². The smallest absolute Gasteiger partial charge is 0.317 e. The Morgan fingerprint density at radius 2 is 2.19 bits per heavy atom. The molecule has 0 amide bonds. The predicted octanol–water partition coefficient (Wildman–Crippen LogP) is 0.0544. The van der Waals surface area contributed by atoms with Crippen molar-refractivity contribution in [2.24, 2.45) is 22.1 Å². The third-order valence-corrected chi connectivity index (χ3v) is 6.21. The van der Waals surface area contributed by atoms with Crippen LogP contribution in [0.1, 0.15) is 26.2 Å². The number of hydrogen-bond acceptors (Lipinski definition) is 8. The van der Waals surface area contributed by atoms with Crippen molar-refractivity contribution in [3.8, 4) is 0 Å². The lowest BCUT2D eigenvalue weighted by atomic mass is 9.58. The highest BCUT2D eigenvalue weighted by Crippen LogP contribution is 2.56. The number of hydrogen-bond donors (Lipinski definition) is 3. The second-order valence-corrected chi connectivity index (χ2v) is 7.51. The number of ketones is 1. The molecule has 7 unspecified atom stereocenters. The second kappa shape index (κ2) is 5.83. The van der Waals surface area contributed by atoms with E-state index < -0.39 is 53.5 Å². The number of azo groups is 1. The van der Waals surface area contributed by atoms with E-state index >= 15 is 0 Å². The Labute approximate surface area is 149 Å². The minimum absolute atomic E-state index is 0.00854. The maximum Gasteiger partial charge on any atom is 0.317 e. The van der Waals surface area contributed by atoms with E-state index in [1.54, 1.807) is 0 Å². The zero-order valence-electron chi connectivity index (χ0n) is 14.4. The molecule has 26 heavy (non-hydrogen) atoms. The standard InChI is InChI=1S/C17H22N2O7/c1-8(21)11-13(22)17(19-18-16-4-2-10(16)25-7-5-16)12(15(23)24)9(3-6-20)26-14(11)17/h3,8,10-12,14,20-21H,2,4-7H2,1H3,(H,23,24). The molecule has 4 aliphatic rings. The van der Waals surface area contributed by atoms with Gasteiger partial charge in [-0.25, -0.2) is 0 Å². The number of aliphatic hydroxyl groups is 2. The number of Topliss-reactive ketones (excluding diaryl/α,β-unsaturated/α-hetero) is 1. The molecule has 0 aromatic heterocycles. The molecular formula is C17H22N2O7. The molecule has 0 radical (unpaired) electrons. The Hall–Kier alpha value is -1.84. The quantitative estimate of drug-likeness (QED) is 0.585. The van der Waals surface area contributed by atoms with Gasteiger partial charge in [0.1, 0.15) is 17.4 Å². The van der Waals surface area contributed by atoms with Crippen LogP contribution in [0.2, 0.25) is 0 Å². The Morgan fingerprint density at radius 1 is 1.42 bits per heavy atom. The molecule has 0 aromatic rings. The fraction of sp³-hybridized carbons (Fsp3) is 0.765. The van der Waals surface area contributed by atoms with Crippen molar-refractivity contribution in [3.05, 3.63) is 11.8 Å². The lowest BCUT2D eigenvalue weighted by Gasteiger charge is -2.47. The van der Waals surface area contributed by atoms with Gasteiger partial charge in [-0.2, -0.15) is 10.2 Å². The molecule has 2 aliphatic heterocycles. The molecule has 3 N–H and O–H groups in total. The second-order valence-electron chi connectivity index (χ2n) is 7.51. The molecule has 2 heterocycles. The SMILES string of the molecule is CC(O)C1C(=O)C2(N=NC34CCOC3CC4)C(C(=O)O)C(=CCO)OC12. The minimum atomic E-state index is -1.69. The molecule has 2 saturated carbocycles. The van der Waals surface area contributed by atoms with Gasteiger partial charge in [0.2, 0.25) is 0 Å². The third kappa shape index (κ3) is 2.07. The van der Waals surface area contributed by atoms with Gasteiger partial charge in [0.05, 0.1) is 24.7 Å². The molecule has 9 nitrogen and oxygen atoms in total. The van der Waals surface area contributed by atoms with Crippen LogP contribution in [0.4, 0.5) is 0 Å². The molecule has 4 fully saturated rings. The van der Waals surface area contributed by atoms with Gasteiger partial charge in [-0.05, 0) is 25.8 Å². The maximum absolute atomic E-state index is 12.9. The van der Waals surface area contributed by atoms with Crippen molar-refractivity contribution in [2.75, 3.05) is 13.2 Å². The Kier molecular flexibility index (Phi) is 3.94. The van der Waals surface area contributed by atoms with Crippen LogP contribution < -0.4 is 0 Å². The first-order chi connectivity index (χ1) is 12.4. The van der Waals surface area contributed by atoms with Crippen LogP contribution in [0.3, 0.4) is 0 Å². The van der Waals surface area contributed by atoms with E-state index in [-0.39, 0.29) is 11.9 Å². The zero-order valence-corrected chi connectivity index (χ0v) is 14.4. The van der Waals surface area contributed by atoms with Crippen LogP contribution in [0.25, 0.3) is 0 Å². The van der Waals surface area contributed by atoms with E-state index in [1.165, 1.54) is 13.0 Å². The summed E-state index contributed by atoms with van der Waals surface area (Å²) in [5.74, 6) is -3.99. The van der Waals surface area contributed by atoms with Gasteiger partial charge in [-0.15, -0.1) is 0 Å². The zero-order chi connectivity index (χ0) is 18.7. The normalized spacial score (nSPS) is 46.4. The first kappa shape index (κ1) is 17.6. The lowest BCUT2D eigenvalue weighted by Crippen LogP contribution is -2.70. The highest BCUT2D eigenvalue weighted by atomic mass is 16.5. The van der Waals surface area contributed by atoms with Crippen molar-refractivity contribution in [1.82, 2.24) is 0 Å². The first-order valence-corrected chi connectivity index (χ1v) is 8.86. The highest BCUT2D eigenvalue weighted by Gasteiger charge is 2.76. The topological polar surface area (TPSA) is 138 Å². The minimum Gasteiger partial charge on any atom is -0.490 e. The number of rotatable bonds is 5. The Balaban J connectivity index is 1.75. The van der Waals surface area contributed by atoms with Gasteiger partial charge in [0.25, 0.3) is 0 Å². The molecule has 7 atom stereocenters. The molecule has 2 saturated heterocycles. The van der Waals surface area contributed by atoms with E-state index in [9.17, 15) is 24.9 Å². The summed E-state index contributed by atoms with van der Waals surface area (Å²) in [6.07, 6.45) is 1.62. The van der Waals surface area contributed by atoms with Crippen LogP contribution in [-0.2, 0) is 19.1 Å². The number of carboxylic acids is 1. The molecule has 2 aliphatic carbocycles. The van der Waals surface area contributed by atoms with Crippen molar-refractivity contribution < 1.29 is 34.4 Å². The van der Waals surface area contributed by atoms with Crippen LogP contribution >= 0.6 is 0 Å². The predicted molar refractivity (Wildman–Crippen MR) is 85.3 cm³/mol. The van der Waals surface area contributed by atoms with E-state index in [4.69, 9.17) is 9.47 Å². The number of carbonyl (C=O) groups is 2. The average molecular weight is 366 g/mol. The maximum atomic E-state index is 12.9. The molecule has 0 aromatic carbocycles. The molecule has 4 rings (SSSR count). The van der Waals surface area contributed by atoms with Gasteiger partial charge in [-0.1, -0.05) is 0 Å². The summed E-state index contributed by atoms with van der Waals surface area (Å²) in [6, 6.07) is 0. The van der Waals surface area contributed by atoms with Gasteiger partial charge < -0.3 is 24.8 Å². The summed E-state index contributed by atoms with van der Waals surface area (Å²) < 4.78 is 11.3. The summed E-state index contributed by atoms with van der Waals surface area (Å²) in [6.45, 7) is 1.60. The average Bonchev–Trinajstić information content (AvgIpc) is 2.99. The van der Waals surface area contributed by atoms with Gasteiger partial charge in [0.15, 0.2) is 17.2 Å². The van der Waals surface area contributed by atoms with Gasteiger partial charge in [0, 0.05) is 13.0 Å². The number of fused-ring (bicyclic) bond motifs is 2. The number of carboxylic acid groups (broad SMARTS) is 1. The fourth-order valence-corrected chi connectivity index (χ4v) is 4.67. The Bertz CT molecular complexity index is 705. The number of aliphatic hydroxyl groups excluding tert-OH is 2. The highest BCUT2D eigenvalue weighted by molar-refractivity contribution is 6.04. The van der Waals surface area contributed by atoms with Crippen molar-refractivity contribution >= 4 is 11.8 Å². The molecule has 142 valence electrons. The fourth-order valence-electron chi connectivity index (χ4n) is 4.67. The monoisotopic (exact) mass is 366 g/mol. The molecular weight excluding hydrogens is 344 g/mol. The van der Waals surface area contributed by atoms with Crippen LogP contribution in [-0.4, -0.2) is 69.7 Å². The first-order valence-electron chi connectivity index (χ1n) is 8.86.